The molecule has 1 amide bonds. The lowest BCUT2D eigenvalue weighted by atomic mass is 9.49. The zero-order chi connectivity index (χ0) is 18.7. The molecule has 0 unspecified atom stereocenters. The van der Waals surface area contributed by atoms with E-state index in [9.17, 15) is 4.79 Å². The highest BCUT2D eigenvalue weighted by molar-refractivity contribution is 5.95. The van der Waals surface area contributed by atoms with Crippen molar-refractivity contribution in [2.24, 2.45) is 23.2 Å². The smallest absolute Gasteiger partial charge is 0.230 e. The summed E-state index contributed by atoms with van der Waals surface area (Å²) in [5, 5.41) is 3.21. The van der Waals surface area contributed by atoms with Crippen LogP contribution in [0, 0.1) is 23.2 Å². The summed E-state index contributed by atoms with van der Waals surface area (Å²) < 4.78 is 5.84. The second-order valence-corrected chi connectivity index (χ2v) is 9.22. The standard InChI is InChI=1S/C24H24N2O2/c27-23(24-12-15-9-16(13-24)11-17(10-15)14-24)25-19-7-5-18(6-8-19)22-26-20-3-1-2-4-21(20)28-22/h1-8,15-17H,9-14H2,(H,25,27). The summed E-state index contributed by atoms with van der Waals surface area (Å²) >= 11 is 0. The Hall–Kier alpha value is -2.62. The van der Waals surface area contributed by atoms with Gasteiger partial charge in [-0.2, -0.15) is 0 Å². The summed E-state index contributed by atoms with van der Waals surface area (Å²) in [7, 11) is 0. The molecule has 0 aliphatic heterocycles. The van der Waals surface area contributed by atoms with E-state index in [4.69, 9.17) is 4.42 Å². The molecule has 28 heavy (non-hydrogen) atoms. The first-order chi connectivity index (χ1) is 13.7. The average Bonchev–Trinajstić information content (AvgIpc) is 3.12. The maximum absolute atomic E-state index is 13.2. The van der Waals surface area contributed by atoms with E-state index in [1.165, 1.54) is 19.3 Å². The third-order valence-corrected chi connectivity index (χ3v) is 7.20. The maximum Gasteiger partial charge on any atom is 0.230 e. The largest absolute Gasteiger partial charge is 0.436 e. The van der Waals surface area contributed by atoms with E-state index in [2.05, 4.69) is 10.3 Å². The Morgan fingerprint density at radius 2 is 1.57 bits per heavy atom. The molecular formula is C24H24N2O2. The molecule has 4 fully saturated rings. The molecule has 4 bridgehead atoms. The predicted molar refractivity (Wildman–Crippen MR) is 109 cm³/mol. The van der Waals surface area contributed by atoms with Crippen LogP contribution in [0.2, 0.25) is 0 Å². The van der Waals surface area contributed by atoms with Crippen LogP contribution in [0.1, 0.15) is 38.5 Å². The van der Waals surface area contributed by atoms with E-state index in [-0.39, 0.29) is 11.3 Å². The highest BCUT2D eigenvalue weighted by Crippen LogP contribution is 2.60. The van der Waals surface area contributed by atoms with E-state index in [0.29, 0.717) is 5.89 Å². The zero-order valence-electron chi connectivity index (χ0n) is 15.9. The lowest BCUT2D eigenvalue weighted by Crippen LogP contribution is -2.51. The van der Waals surface area contributed by atoms with Gasteiger partial charge in [0.15, 0.2) is 5.58 Å². The first-order valence-electron chi connectivity index (χ1n) is 10.4. The lowest BCUT2D eigenvalue weighted by molar-refractivity contribution is -0.140. The number of rotatable bonds is 3. The fraction of sp³-hybridized carbons (Fsp3) is 0.417. The molecule has 7 rings (SSSR count). The Balaban J connectivity index is 1.21. The first kappa shape index (κ1) is 16.3. The highest BCUT2D eigenvalue weighted by atomic mass is 16.3. The molecule has 4 nitrogen and oxygen atoms in total. The van der Waals surface area contributed by atoms with Crippen molar-refractivity contribution in [2.45, 2.75) is 38.5 Å². The SMILES string of the molecule is O=C(Nc1ccc(-c2nc3ccccc3o2)cc1)C12CC3CC(CC(C3)C1)C2. The quantitative estimate of drug-likeness (QED) is 0.646. The number of nitrogens with zero attached hydrogens (tertiary/aromatic N) is 1. The number of oxazole rings is 1. The van der Waals surface area contributed by atoms with Crippen LogP contribution in [-0.2, 0) is 4.79 Å². The van der Waals surface area contributed by atoms with Crippen LogP contribution in [-0.4, -0.2) is 10.9 Å². The van der Waals surface area contributed by atoms with Crippen molar-refractivity contribution in [3.05, 3.63) is 48.5 Å². The summed E-state index contributed by atoms with van der Waals surface area (Å²) in [4.78, 5) is 17.7. The van der Waals surface area contributed by atoms with Crippen molar-refractivity contribution >= 4 is 22.7 Å². The van der Waals surface area contributed by atoms with Gasteiger partial charge >= 0.3 is 0 Å². The number of amides is 1. The van der Waals surface area contributed by atoms with Gasteiger partial charge in [0.05, 0.1) is 5.41 Å². The zero-order valence-corrected chi connectivity index (χ0v) is 15.9. The molecule has 4 aliphatic carbocycles. The third kappa shape index (κ3) is 2.58. The van der Waals surface area contributed by atoms with E-state index >= 15 is 0 Å². The number of benzene rings is 2. The van der Waals surface area contributed by atoms with Crippen LogP contribution in [0.25, 0.3) is 22.6 Å². The third-order valence-electron chi connectivity index (χ3n) is 7.20. The molecule has 0 saturated heterocycles. The van der Waals surface area contributed by atoms with E-state index in [1.807, 2.05) is 48.5 Å². The second kappa shape index (κ2) is 5.94. The lowest BCUT2D eigenvalue weighted by Gasteiger charge is -2.55. The van der Waals surface area contributed by atoms with E-state index < -0.39 is 0 Å². The Kier molecular flexibility index (Phi) is 3.47. The maximum atomic E-state index is 13.2. The average molecular weight is 372 g/mol. The molecule has 4 aliphatic rings. The van der Waals surface area contributed by atoms with Crippen molar-refractivity contribution in [3.8, 4) is 11.5 Å². The molecule has 0 spiro atoms. The molecule has 1 heterocycles. The van der Waals surface area contributed by atoms with Crippen molar-refractivity contribution in [3.63, 3.8) is 0 Å². The Morgan fingerprint density at radius 3 is 2.21 bits per heavy atom. The molecule has 4 heteroatoms. The van der Waals surface area contributed by atoms with Gasteiger partial charge in [0, 0.05) is 11.3 Å². The molecule has 4 saturated carbocycles. The number of hydrogen-bond donors (Lipinski definition) is 1. The van der Waals surface area contributed by atoms with E-state index in [1.54, 1.807) is 0 Å². The van der Waals surface area contributed by atoms with Crippen LogP contribution in [0.4, 0.5) is 5.69 Å². The van der Waals surface area contributed by atoms with E-state index in [0.717, 1.165) is 59.4 Å². The molecule has 142 valence electrons. The Bertz CT molecular complexity index is 982. The molecule has 0 radical (unpaired) electrons. The van der Waals surface area contributed by atoms with Gasteiger partial charge in [0.1, 0.15) is 5.52 Å². The normalized spacial score (nSPS) is 30.6. The molecule has 1 N–H and O–H groups in total. The minimum absolute atomic E-state index is 0.117. The molecule has 3 aromatic rings. The number of carbonyl (C=O) groups excluding carboxylic acids is 1. The number of fused-ring (bicyclic) bond motifs is 1. The summed E-state index contributed by atoms with van der Waals surface area (Å²) in [5.74, 6) is 3.18. The van der Waals surface area contributed by atoms with Crippen molar-refractivity contribution in [1.82, 2.24) is 4.98 Å². The highest BCUT2D eigenvalue weighted by Gasteiger charge is 2.54. The molecule has 2 aromatic carbocycles. The second-order valence-electron chi connectivity index (χ2n) is 9.22. The number of para-hydroxylation sites is 2. The van der Waals surface area contributed by atoms with Crippen LogP contribution < -0.4 is 5.32 Å². The van der Waals surface area contributed by atoms with Crippen LogP contribution in [0.5, 0.6) is 0 Å². The molecular weight excluding hydrogens is 348 g/mol. The number of hydrogen-bond acceptors (Lipinski definition) is 3. The minimum atomic E-state index is -0.117. The van der Waals surface area contributed by atoms with Gasteiger partial charge in [-0.25, -0.2) is 4.98 Å². The Morgan fingerprint density at radius 1 is 0.929 bits per heavy atom. The first-order valence-corrected chi connectivity index (χ1v) is 10.4. The summed E-state index contributed by atoms with van der Waals surface area (Å²) in [6.45, 7) is 0. The van der Waals surface area contributed by atoms with Crippen molar-refractivity contribution in [2.75, 3.05) is 5.32 Å². The number of anilines is 1. The number of aromatic nitrogens is 1. The van der Waals surface area contributed by atoms with Gasteiger partial charge in [-0.3, -0.25) is 4.79 Å². The van der Waals surface area contributed by atoms with Gasteiger partial charge < -0.3 is 9.73 Å². The Labute approximate surface area is 164 Å². The fourth-order valence-electron chi connectivity index (χ4n) is 6.34. The van der Waals surface area contributed by atoms with Gasteiger partial charge in [-0.15, -0.1) is 0 Å². The summed E-state index contributed by atoms with van der Waals surface area (Å²) in [5.41, 5.74) is 3.31. The number of nitrogens with one attached hydrogen (secondary N) is 1. The number of carbonyl (C=O) groups is 1. The van der Waals surface area contributed by atoms with Crippen LogP contribution >= 0.6 is 0 Å². The summed E-state index contributed by atoms with van der Waals surface area (Å²) in [6, 6.07) is 15.6. The van der Waals surface area contributed by atoms with Crippen LogP contribution in [0.15, 0.2) is 52.9 Å². The van der Waals surface area contributed by atoms with Gasteiger partial charge in [0.25, 0.3) is 0 Å². The van der Waals surface area contributed by atoms with Crippen molar-refractivity contribution < 1.29 is 9.21 Å². The summed E-state index contributed by atoms with van der Waals surface area (Å²) in [6.07, 6.45) is 7.33. The van der Waals surface area contributed by atoms with Gasteiger partial charge in [0.2, 0.25) is 11.8 Å². The minimum Gasteiger partial charge on any atom is -0.436 e. The fourth-order valence-corrected chi connectivity index (χ4v) is 6.34. The topological polar surface area (TPSA) is 55.1 Å². The van der Waals surface area contributed by atoms with Crippen molar-refractivity contribution in [1.29, 1.82) is 0 Å². The van der Waals surface area contributed by atoms with Gasteiger partial charge in [-0.05, 0) is 92.7 Å². The predicted octanol–water partition coefficient (Wildman–Crippen LogP) is 5.65. The monoisotopic (exact) mass is 372 g/mol. The van der Waals surface area contributed by atoms with Gasteiger partial charge in [-0.1, -0.05) is 12.1 Å². The molecule has 0 atom stereocenters. The molecule has 1 aromatic heterocycles. The van der Waals surface area contributed by atoms with Crippen LogP contribution in [0.3, 0.4) is 0 Å².